The molecule has 0 bridgehead atoms. The van der Waals surface area contributed by atoms with Crippen LogP contribution in [0.15, 0.2) is 0 Å². The van der Waals surface area contributed by atoms with Crippen LogP contribution in [0.5, 0.6) is 0 Å². The minimum atomic E-state index is 0.527. The Bertz CT molecular complexity index is 190. The highest BCUT2D eigenvalue weighted by molar-refractivity contribution is 4.85. The van der Waals surface area contributed by atoms with Crippen LogP contribution in [0.2, 0.25) is 0 Å². The van der Waals surface area contributed by atoms with Crippen molar-refractivity contribution in [2.75, 3.05) is 0 Å². The summed E-state index contributed by atoms with van der Waals surface area (Å²) in [6, 6.07) is 0.527. The molecule has 1 heteroatoms. The molecule has 0 aromatic heterocycles. The minimum absolute atomic E-state index is 0.527. The fraction of sp³-hybridized carbons (Fsp3) is 1.00. The standard InChI is InChI=1S/C15H29N/c1-2-3-4-12-7-9-14(10-8-12)15(16)11-13-5-6-13/h12-15H,2-11,16H2,1H3. The molecule has 0 aromatic carbocycles. The highest BCUT2D eigenvalue weighted by atomic mass is 14.7. The lowest BCUT2D eigenvalue weighted by Crippen LogP contribution is -2.33. The molecule has 0 saturated heterocycles. The first kappa shape index (κ1) is 12.4. The van der Waals surface area contributed by atoms with Crippen molar-refractivity contribution in [3.05, 3.63) is 0 Å². The van der Waals surface area contributed by atoms with Gasteiger partial charge < -0.3 is 5.73 Å². The Labute approximate surface area is 101 Å². The van der Waals surface area contributed by atoms with Gasteiger partial charge in [0.1, 0.15) is 0 Å². The Kier molecular flexibility index (Phi) is 4.69. The minimum Gasteiger partial charge on any atom is -0.327 e. The third-order valence-corrected chi connectivity index (χ3v) is 4.77. The molecule has 2 aliphatic carbocycles. The average Bonchev–Trinajstić information content (AvgIpc) is 3.11. The van der Waals surface area contributed by atoms with E-state index in [-0.39, 0.29) is 0 Å². The van der Waals surface area contributed by atoms with E-state index in [0.29, 0.717) is 6.04 Å². The Morgan fingerprint density at radius 2 is 1.62 bits per heavy atom. The Hall–Kier alpha value is -0.0400. The lowest BCUT2D eigenvalue weighted by atomic mass is 9.76. The lowest BCUT2D eigenvalue weighted by molar-refractivity contribution is 0.223. The molecule has 2 rings (SSSR count). The predicted molar refractivity (Wildman–Crippen MR) is 70.3 cm³/mol. The van der Waals surface area contributed by atoms with Gasteiger partial charge in [-0.1, -0.05) is 51.9 Å². The summed E-state index contributed by atoms with van der Waals surface area (Å²) >= 11 is 0. The highest BCUT2D eigenvalue weighted by Gasteiger charge is 2.30. The normalized spacial score (nSPS) is 32.6. The van der Waals surface area contributed by atoms with Gasteiger partial charge in [-0.2, -0.15) is 0 Å². The average molecular weight is 223 g/mol. The van der Waals surface area contributed by atoms with Crippen LogP contribution >= 0.6 is 0 Å². The summed E-state index contributed by atoms with van der Waals surface area (Å²) in [6.07, 6.45) is 14.3. The SMILES string of the molecule is CCCCC1CCC(C(N)CC2CC2)CC1. The summed E-state index contributed by atoms with van der Waals surface area (Å²) < 4.78 is 0. The van der Waals surface area contributed by atoms with Crippen molar-refractivity contribution in [2.24, 2.45) is 23.5 Å². The van der Waals surface area contributed by atoms with E-state index < -0.39 is 0 Å². The smallest absolute Gasteiger partial charge is 0.00698 e. The molecule has 0 amide bonds. The van der Waals surface area contributed by atoms with Gasteiger partial charge in [0.25, 0.3) is 0 Å². The van der Waals surface area contributed by atoms with E-state index in [4.69, 9.17) is 5.73 Å². The van der Waals surface area contributed by atoms with Crippen LogP contribution in [-0.2, 0) is 0 Å². The van der Waals surface area contributed by atoms with Crippen molar-refractivity contribution in [3.63, 3.8) is 0 Å². The van der Waals surface area contributed by atoms with Crippen LogP contribution in [0, 0.1) is 17.8 Å². The van der Waals surface area contributed by atoms with Crippen molar-refractivity contribution in [3.8, 4) is 0 Å². The van der Waals surface area contributed by atoms with Gasteiger partial charge in [-0.25, -0.2) is 0 Å². The van der Waals surface area contributed by atoms with Gasteiger partial charge in [-0.15, -0.1) is 0 Å². The van der Waals surface area contributed by atoms with E-state index >= 15 is 0 Å². The maximum absolute atomic E-state index is 6.33. The second-order valence-electron chi connectivity index (χ2n) is 6.27. The van der Waals surface area contributed by atoms with Crippen LogP contribution in [0.4, 0.5) is 0 Å². The summed E-state index contributed by atoms with van der Waals surface area (Å²) in [5, 5.41) is 0. The molecule has 0 radical (unpaired) electrons. The van der Waals surface area contributed by atoms with E-state index in [0.717, 1.165) is 17.8 Å². The summed E-state index contributed by atoms with van der Waals surface area (Å²) in [7, 11) is 0. The molecule has 94 valence electrons. The zero-order valence-electron chi connectivity index (χ0n) is 11.0. The number of nitrogens with two attached hydrogens (primary N) is 1. The fourth-order valence-corrected chi connectivity index (χ4v) is 3.33. The molecule has 16 heavy (non-hydrogen) atoms. The lowest BCUT2D eigenvalue weighted by Gasteiger charge is -2.32. The van der Waals surface area contributed by atoms with Crippen LogP contribution in [-0.4, -0.2) is 6.04 Å². The monoisotopic (exact) mass is 223 g/mol. The topological polar surface area (TPSA) is 26.0 Å². The van der Waals surface area contributed by atoms with Gasteiger partial charge >= 0.3 is 0 Å². The highest BCUT2D eigenvalue weighted by Crippen LogP contribution is 2.38. The Morgan fingerprint density at radius 3 is 2.19 bits per heavy atom. The van der Waals surface area contributed by atoms with E-state index in [1.165, 1.54) is 64.2 Å². The molecule has 2 fully saturated rings. The molecule has 1 atom stereocenters. The van der Waals surface area contributed by atoms with E-state index in [9.17, 15) is 0 Å². The zero-order valence-corrected chi connectivity index (χ0v) is 11.0. The van der Waals surface area contributed by atoms with E-state index in [2.05, 4.69) is 6.92 Å². The molecule has 0 aliphatic heterocycles. The second-order valence-corrected chi connectivity index (χ2v) is 6.27. The number of rotatable bonds is 6. The first-order chi connectivity index (χ1) is 7.79. The summed E-state index contributed by atoms with van der Waals surface area (Å²) in [5.41, 5.74) is 6.33. The molecule has 0 spiro atoms. The third-order valence-electron chi connectivity index (χ3n) is 4.77. The number of hydrogen-bond donors (Lipinski definition) is 1. The first-order valence-corrected chi connectivity index (χ1v) is 7.55. The molecule has 2 saturated carbocycles. The van der Waals surface area contributed by atoms with Crippen molar-refractivity contribution >= 4 is 0 Å². The molecule has 0 heterocycles. The third kappa shape index (κ3) is 3.76. The number of hydrogen-bond acceptors (Lipinski definition) is 1. The van der Waals surface area contributed by atoms with Crippen molar-refractivity contribution < 1.29 is 0 Å². The second kappa shape index (κ2) is 6.05. The van der Waals surface area contributed by atoms with Gasteiger partial charge in [-0.05, 0) is 37.0 Å². The van der Waals surface area contributed by atoms with Crippen LogP contribution in [0.1, 0.15) is 71.1 Å². The number of unbranched alkanes of at least 4 members (excludes halogenated alkanes) is 1. The Morgan fingerprint density at radius 1 is 1.00 bits per heavy atom. The summed E-state index contributed by atoms with van der Waals surface area (Å²) in [6.45, 7) is 2.30. The van der Waals surface area contributed by atoms with Gasteiger partial charge in [0.05, 0.1) is 0 Å². The molecule has 1 unspecified atom stereocenters. The molecular weight excluding hydrogens is 194 g/mol. The van der Waals surface area contributed by atoms with Crippen molar-refractivity contribution in [1.29, 1.82) is 0 Å². The van der Waals surface area contributed by atoms with Gasteiger partial charge in [-0.3, -0.25) is 0 Å². The molecular formula is C15H29N. The van der Waals surface area contributed by atoms with E-state index in [1.807, 2.05) is 0 Å². The van der Waals surface area contributed by atoms with E-state index in [1.54, 1.807) is 0 Å². The maximum Gasteiger partial charge on any atom is 0.00698 e. The molecule has 2 aliphatic rings. The Balaban J connectivity index is 1.63. The fourth-order valence-electron chi connectivity index (χ4n) is 3.33. The van der Waals surface area contributed by atoms with Crippen LogP contribution in [0.3, 0.4) is 0 Å². The van der Waals surface area contributed by atoms with Crippen LogP contribution in [0.25, 0.3) is 0 Å². The van der Waals surface area contributed by atoms with Crippen molar-refractivity contribution in [1.82, 2.24) is 0 Å². The molecule has 0 aromatic rings. The first-order valence-electron chi connectivity index (χ1n) is 7.55. The van der Waals surface area contributed by atoms with Crippen LogP contribution < -0.4 is 5.73 Å². The van der Waals surface area contributed by atoms with Gasteiger partial charge in [0.2, 0.25) is 0 Å². The van der Waals surface area contributed by atoms with Crippen molar-refractivity contribution in [2.45, 2.75) is 77.2 Å². The molecule has 2 N–H and O–H groups in total. The summed E-state index contributed by atoms with van der Waals surface area (Å²) in [4.78, 5) is 0. The summed E-state index contributed by atoms with van der Waals surface area (Å²) in [5.74, 6) is 2.90. The predicted octanol–water partition coefficient (Wildman–Crippen LogP) is 4.11. The van der Waals surface area contributed by atoms with Gasteiger partial charge in [0, 0.05) is 6.04 Å². The van der Waals surface area contributed by atoms with Gasteiger partial charge in [0.15, 0.2) is 0 Å². The quantitative estimate of drug-likeness (QED) is 0.720. The maximum atomic E-state index is 6.33. The largest absolute Gasteiger partial charge is 0.327 e. The zero-order chi connectivity index (χ0) is 11.4. The molecule has 1 nitrogen and oxygen atoms in total.